The van der Waals surface area contributed by atoms with Crippen molar-refractivity contribution in [2.45, 2.75) is 73.3 Å². The van der Waals surface area contributed by atoms with Crippen molar-refractivity contribution in [1.29, 1.82) is 0 Å². The third-order valence-electron chi connectivity index (χ3n) is 8.40. The molecule has 1 atom stereocenters. The number of carbonyl (C=O) groups excluding carboxylic acids is 1. The molecule has 2 N–H and O–H groups in total. The van der Waals surface area contributed by atoms with Crippen molar-refractivity contribution in [2.75, 3.05) is 37.4 Å². The van der Waals surface area contributed by atoms with Crippen LogP contribution in [0.4, 0.5) is 25.4 Å². The van der Waals surface area contributed by atoms with Gasteiger partial charge in [-0.15, -0.1) is 11.3 Å². The second-order valence-corrected chi connectivity index (χ2v) is 15.3. The number of fused-ring (bicyclic) bond motifs is 1. The zero-order chi connectivity index (χ0) is 34.6. The zero-order valence-electron chi connectivity index (χ0n) is 28.7. The zero-order valence-corrected chi connectivity index (χ0v) is 29.6. The van der Waals surface area contributed by atoms with E-state index < -0.39 is 11.6 Å². The summed E-state index contributed by atoms with van der Waals surface area (Å²) in [5.74, 6) is 0.961. The molecule has 5 rings (SSSR count). The third kappa shape index (κ3) is 8.57. The van der Waals surface area contributed by atoms with E-state index in [9.17, 15) is 13.6 Å². The highest BCUT2D eigenvalue weighted by Crippen LogP contribution is 2.48. The van der Waals surface area contributed by atoms with Crippen LogP contribution in [0.15, 0.2) is 42.9 Å². The summed E-state index contributed by atoms with van der Waals surface area (Å²) in [5, 5.41) is 7.05. The van der Waals surface area contributed by atoms with Crippen LogP contribution in [0, 0.1) is 28.4 Å². The molecule has 0 aliphatic carbocycles. The molecule has 0 unspecified atom stereocenters. The number of amides is 1. The fourth-order valence-electron chi connectivity index (χ4n) is 6.92. The van der Waals surface area contributed by atoms with Gasteiger partial charge in [0.05, 0.1) is 25.7 Å². The Kier molecular flexibility index (Phi) is 10.8. The fraction of sp³-hybridized carbons (Fsp3) is 0.472. The average Bonchev–Trinajstić information content (AvgIpc) is 3.64. The molecule has 1 radical (unpaired) electrons. The molecule has 48 heavy (non-hydrogen) atoms. The number of halogens is 2. The number of likely N-dealkylation sites (tertiary alicyclic amines) is 1. The molecule has 2 aromatic carbocycles. The summed E-state index contributed by atoms with van der Waals surface area (Å²) in [5.41, 5.74) is 1.14. The first-order valence-corrected chi connectivity index (χ1v) is 17.1. The van der Waals surface area contributed by atoms with Crippen LogP contribution >= 0.6 is 11.3 Å². The maximum absolute atomic E-state index is 13.5. The van der Waals surface area contributed by atoms with Gasteiger partial charge in [-0.1, -0.05) is 41.5 Å². The predicted octanol–water partition coefficient (Wildman–Crippen LogP) is 8.20. The minimum atomic E-state index is -1.03. The van der Waals surface area contributed by atoms with Crippen LogP contribution in [-0.2, 0) is 11.2 Å². The molecule has 0 saturated carbocycles. The molecule has 4 aromatic rings. The molecule has 1 fully saturated rings. The standard InChI is InChI=1S/C36H45F2N6O3S/c1-35(2,3)32(36(4,5)6)28-10-8-13-44(28)14-9-15-47-30-19-27-24(18-29(30)46-7)33(41-21-40-27)43-34-39-20-23(48-34)17-31(45)42-22-11-12-25(37)26(38)16-22/h11-12,16,18-21,28H,8-10,13-15,17H2,1-7H3,(H,42,45)(H,39,40,41,43)/t28-/m0/s1. The number of carbonyl (C=O) groups is 1. The summed E-state index contributed by atoms with van der Waals surface area (Å²) in [4.78, 5) is 29.0. The Labute approximate surface area is 285 Å². The number of hydrogen-bond donors (Lipinski definition) is 2. The van der Waals surface area contributed by atoms with Gasteiger partial charge in [-0.2, -0.15) is 0 Å². The number of nitrogens with zero attached hydrogens (tertiary/aromatic N) is 4. The van der Waals surface area contributed by atoms with Gasteiger partial charge in [0.2, 0.25) is 5.91 Å². The van der Waals surface area contributed by atoms with Gasteiger partial charge in [0.15, 0.2) is 28.3 Å². The number of methoxy groups -OCH3 is 1. The van der Waals surface area contributed by atoms with E-state index in [1.807, 2.05) is 12.1 Å². The molecule has 257 valence electrons. The molecule has 1 aliphatic heterocycles. The van der Waals surface area contributed by atoms with Gasteiger partial charge in [0.1, 0.15) is 12.1 Å². The van der Waals surface area contributed by atoms with Crippen molar-refractivity contribution in [3.63, 3.8) is 0 Å². The smallest absolute Gasteiger partial charge is 0.229 e. The topological polar surface area (TPSA) is 102 Å². The SMILES string of the molecule is COc1cc2c(Nc3ncc(CC(=O)Nc4ccc(F)c(F)c4)s3)ncnc2cc1OCCCN1CCC[C@H]1[C](C(C)(C)C)C(C)(C)C. The largest absolute Gasteiger partial charge is 0.493 e. The highest BCUT2D eigenvalue weighted by molar-refractivity contribution is 7.15. The predicted molar refractivity (Wildman–Crippen MR) is 187 cm³/mol. The summed E-state index contributed by atoms with van der Waals surface area (Å²) >= 11 is 1.28. The lowest BCUT2D eigenvalue weighted by atomic mass is 9.63. The minimum absolute atomic E-state index is 0.0163. The monoisotopic (exact) mass is 679 g/mol. The summed E-state index contributed by atoms with van der Waals surface area (Å²) in [6.07, 6.45) is 6.38. The molecular weight excluding hydrogens is 634 g/mol. The molecule has 0 spiro atoms. The number of aromatic nitrogens is 3. The second-order valence-electron chi connectivity index (χ2n) is 14.2. The van der Waals surface area contributed by atoms with E-state index >= 15 is 0 Å². The number of rotatable bonds is 12. The Bertz CT molecular complexity index is 1720. The number of ether oxygens (including phenoxy) is 2. The molecular formula is C36H45F2N6O3S. The van der Waals surface area contributed by atoms with Gasteiger partial charge < -0.3 is 20.1 Å². The number of nitrogens with one attached hydrogen (secondary N) is 2. The molecule has 3 heterocycles. The van der Waals surface area contributed by atoms with E-state index in [1.54, 1.807) is 19.2 Å². The van der Waals surface area contributed by atoms with Crippen LogP contribution in [0.3, 0.4) is 0 Å². The lowest BCUT2D eigenvalue weighted by Gasteiger charge is -2.46. The average molecular weight is 680 g/mol. The molecule has 1 saturated heterocycles. The van der Waals surface area contributed by atoms with Crippen molar-refractivity contribution >= 4 is 44.8 Å². The van der Waals surface area contributed by atoms with Crippen LogP contribution in [-0.4, -0.2) is 58.6 Å². The Balaban J connectivity index is 1.20. The van der Waals surface area contributed by atoms with Gasteiger partial charge in [-0.05, 0) is 54.8 Å². The lowest BCUT2D eigenvalue weighted by Crippen LogP contribution is -2.46. The van der Waals surface area contributed by atoms with E-state index in [0.717, 1.165) is 37.0 Å². The van der Waals surface area contributed by atoms with Gasteiger partial charge in [0, 0.05) is 52.8 Å². The van der Waals surface area contributed by atoms with Crippen LogP contribution < -0.4 is 20.1 Å². The fourth-order valence-corrected chi connectivity index (χ4v) is 7.73. The first-order valence-electron chi connectivity index (χ1n) is 16.3. The maximum Gasteiger partial charge on any atom is 0.229 e. The Hall–Kier alpha value is -3.90. The highest BCUT2D eigenvalue weighted by atomic mass is 32.1. The van der Waals surface area contributed by atoms with E-state index in [2.05, 4.69) is 72.0 Å². The van der Waals surface area contributed by atoms with E-state index in [-0.39, 0.29) is 28.8 Å². The normalized spacial score (nSPS) is 15.7. The van der Waals surface area contributed by atoms with Crippen molar-refractivity contribution in [3.8, 4) is 11.5 Å². The Morgan fingerprint density at radius 1 is 1.02 bits per heavy atom. The quantitative estimate of drug-likeness (QED) is 0.145. The van der Waals surface area contributed by atoms with Crippen LogP contribution in [0.2, 0.25) is 0 Å². The van der Waals surface area contributed by atoms with Crippen LogP contribution in [0.1, 0.15) is 65.7 Å². The van der Waals surface area contributed by atoms with Crippen molar-refractivity contribution in [3.05, 3.63) is 65.3 Å². The lowest BCUT2D eigenvalue weighted by molar-refractivity contribution is -0.115. The van der Waals surface area contributed by atoms with E-state index in [4.69, 9.17) is 9.47 Å². The van der Waals surface area contributed by atoms with Crippen molar-refractivity contribution in [2.24, 2.45) is 10.8 Å². The van der Waals surface area contributed by atoms with Gasteiger partial charge >= 0.3 is 0 Å². The van der Waals surface area contributed by atoms with Crippen LogP contribution in [0.25, 0.3) is 10.9 Å². The van der Waals surface area contributed by atoms with Gasteiger partial charge in [-0.3, -0.25) is 9.69 Å². The summed E-state index contributed by atoms with van der Waals surface area (Å²) in [6.45, 7) is 16.6. The summed E-state index contributed by atoms with van der Waals surface area (Å²) in [7, 11) is 1.61. The van der Waals surface area contributed by atoms with Crippen molar-refractivity contribution < 1.29 is 23.0 Å². The van der Waals surface area contributed by atoms with Gasteiger partial charge in [0.25, 0.3) is 0 Å². The van der Waals surface area contributed by atoms with Gasteiger partial charge in [-0.25, -0.2) is 23.7 Å². The first kappa shape index (κ1) is 35.4. The van der Waals surface area contributed by atoms with Crippen LogP contribution in [0.5, 0.6) is 11.5 Å². The molecule has 1 amide bonds. The Morgan fingerprint density at radius 2 is 1.79 bits per heavy atom. The third-order valence-corrected chi connectivity index (χ3v) is 9.31. The maximum atomic E-state index is 13.5. The number of anilines is 3. The Morgan fingerprint density at radius 3 is 2.50 bits per heavy atom. The van der Waals surface area contributed by atoms with E-state index in [1.165, 1.54) is 36.6 Å². The summed E-state index contributed by atoms with van der Waals surface area (Å²) in [6, 6.07) is 7.41. The second kappa shape index (κ2) is 14.7. The molecule has 0 bridgehead atoms. The molecule has 9 nitrogen and oxygen atoms in total. The number of hydrogen-bond acceptors (Lipinski definition) is 9. The van der Waals surface area contributed by atoms with Crippen molar-refractivity contribution in [1.82, 2.24) is 19.9 Å². The molecule has 2 aromatic heterocycles. The number of benzene rings is 2. The summed E-state index contributed by atoms with van der Waals surface area (Å²) < 4.78 is 38.6. The first-order chi connectivity index (χ1) is 22.7. The van der Waals surface area contributed by atoms with E-state index in [0.29, 0.717) is 45.5 Å². The minimum Gasteiger partial charge on any atom is -0.493 e. The molecule has 1 aliphatic rings. The molecule has 12 heteroatoms. The number of thiazole rings is 1. The highest BCUT2D eigenvalue weighted by Gasteiger charge is 2.44.